The molecular formula is C26H25ClF2N6. The molecule has 1 atom stereocenters. The average molecular weight is 495 g/mol. The van der Waals surface area contributed by atoms with E-state index in [1.807, 2.05) is 39.0 Å². The van der Waals surface area contributed by atoms with Crippen LogP contribution in [-0.2, 0) is 6.42 Å². The van der Waals surface area contributed by atoms with E-state index in [1.165, 1.54) is 12.1 Å². The summed E-state index contributed by atoms with van der Waals surface area (Å²) in [4.78, 5) is 4.86. The van der Waals surface area contributed by atoms with Crippen molar-refractivity contribution in [3.8, 4) is 23.0 Å². The molecular weight excluding hydrogens is 470 g/mol. The minimum atomic E-state index is -0.633. The zero-order valence-corrected chi connectivity index (χ0v) is 20.6. The molecule has 4 aromatic rings. The van der Waals surface area contributed by atoms with Crippen LogP contribution in [0.15, 0.2) is 42.5 Å². The van der Waals surface area contributed by atoms with Gasteiger partial charge in [-0.2, -0.15) is 0 Å². The molecule has 35 heavy (non-hydrogen) atoms. The Hall–Kier alpha value is -3.54. The van der Waals surface area contributed by atoms with Crippen LogP contribution in [0.1, 0.15) is 43.8 Å². The van der Waals surface area contributed by atoms with Crippen LogP contribution in [0.5, 0.6) is 0 Å². The molecule has 3 aromatic heterocycles. The third-order valence-electron chi connectivity index (χ3n) is 5.35. The van der Waals surface area contributed by atoms with Crippen molar-refractivity contribution in [3.05, 3.63) is 76.2 Å². The lowest BCUT2D eigenvalue weighted by Crippen LogP contribution is -2.21. The lowest BCUT2D eigenvalue weighted by atomic mass is 9.95. The number of rotatable bonds is 5. The number of nitrogens with zero attached hydrogens (tertiary/aromatic N) is 4. The summed E-state index contributed by atoms with van der Waals surface area (Å²) in [5, 5.41) is 11.8. The Morgan fingerprint density at radius 3 is 2.40 bits per heavy atom. The maximum Gasteiger partial charge on any atom is 0.227 e. The number of halogens is 3. The molecule has 9 heteroatoms. The normalized spacial score (nSPS) is 12.4. The van der Waals surface area contributed by atoms with Gasteiger partial charge in [0.1, 0.15) is 22.5 Å². The van der Waals surface area contributed by atoms with Crippen LogP contribution in [0.4, 0.5) is 14.7 Å². The molecule has 0 spiro atoms. The summed E-state index contributed by atoms with van der Waals surface area (Å²) in [5.74, 6) is 5.22. The predicted octanol–water partition coefficient (Wildman–Crippen LogP) is 5.21. The zero-order valence-electron chi connectivity index (χ0n) is 19.8. The third kappa shape index (κ3) is 5.42. The van der Waals surface area contributed by atoms with Gasteiger partial charge in [0.25, 0.3) is 0 Å². The summed E-state index contributed by atoms with van der Waals surface area (Å²) in [7, 11) is 1.77. The van der Waals surface area contributed by atoms with Crippen LogP contribution in [0.2, 0.25) is 5.15 Å². The van der Waals surface area contributed by atoms with Gasteiger partial charge in [-0.25, -0.2) is 13.8 Å². The Labute approximate surface area is 207 Å². The number of aromatic nitrogens is 4. The highest BCUT2D eigenvalue weighted by molar-refractivity contribution is 6.30. The van der Waals surface area contributed by atoms with Gasteiger partial charge in [-0.3, -0.25) is 4.40 Å². The zero-order chi connectivity index (χ0) is 25.3. The lowest BCUT2D eigenvalue weighted by Gasteiger charge is -2.20. The number of nitrogens with one attached hydrogen (secondary N) is 1. The molecule has 0 aliphatic heterocycles. The third-order valence-corrected chi connectivity index (χ3v) is 5.65. The maximum atomic E-state index is 13.9. The first kappa shape index (κ1) is 24.6. The Balaban J connectivity index is 1.90. The Morgan fingerprint density at radius 1 is 1.06 bits per heavy atom. The van der Waals surface area contributed by atoms with Crippen molar-refractivity contribution in [1.82, 2.24) is 24.9 Å². The van der Waals surface area contributed by atoms with Crippen LogP contribution < -0.4 is 11.1 Å². The second kappa shape index (κ2) is 9.61. The number of fused-ring (bicyclic) bond motifs is 1. The lowest BCUT2D eigenvalue weighted by molar-refractivity contribution is 0.555. The van der Waals surface area contributed by atoms with Crippen molar-refractivity contribution in [1.29, 1.82) is 0 Å². The van der Waals surface area contributed by atoms with E-state index in [2.05, 4.69) is 27.4 Å². The molecule has 0 aliphatic rings. The van der Waals surface area contributed by atoms with E-state index in [1.54, 1.807) is 17.5 Å². The van der Waals surface area contributed by atoms with Crippen LogP contribution in [0.3, 0.4) is 0 Å². The SMILES string of the molecule is CN[C@@H](Cc1cc(F)cc(F)c1)c1nc(C#CC(C)(C)C)ccc1-c1ccc(Cl)n2c(N)nnc12. The number of benzene rings is 1. The minimum Gasteiger partial charge on any atom is -0.368 e. The molecule has 0 amide bonds. The molecule has 3 heterocycles. The van der Waals surface area contributed by atoms with Gasteiger partial charge in [-0.05, 0) is 82.1 Å². The van der Waals surface area contributed by atoms with E-state index < -0.39 is 17.7 Å². The first-order chi connectivity index (χ1) is 16.6. The molecule has 0 aliphatic carbocycles. The highest BCUT2D eigenvalue weighted by atomic mass is 35.5. The van der Waals surface area contributed by atoms with Crippen LogP contribution in [-0.4, -0.2) is 26.6 Å². The second-order valence-electron chi connectivity index (χ2n) is 9.24. The fraction of sp³-hybridized carbons (Fsp3) is 0.269. The van der Waals surface area contributed by atoms with E-state index in [0.717, 1.165) is 11.6 Å². The number of hydrogen-bond donors (Lipinski definition) is 2. The molecule has 1 aromatic carbocycles. The van der Waals surface area contributed by atoms with E-state index in [-0.39, 0.29) is 11.4 Å². The molecule has 180 valence electrons. The van der Waals surface area contributed by atoms with Crippen molar-refractivity contribution < 1.29 is 8.78 Å². The predicted molar refractivity (Wildman–Crippen MR) is 134 cm³/mol. The van der Waals surface area contributed by atoms with Gasteiger partial charge in [0.2, 0.25) is 5.95 Å². The first-order valence-corrected chi connectivity index (χ1v) is 11.4. The molecule has 0 saturated carbocycles. The van der Waals surface area contributed by atoms with Gasteiger partial charge in [0, 0.05) is 22.6 Å². The smallest absolute Gasteiger partial charge is 0.227 e. The fourth-order valence-electron chi connectivity index (χ4n) is 3.78. The topological polar surface area (TPSA) is 81.1 Å². The van der Waals surface area contributed by atoms with E-state index in [0.29, 0.717) is 39.7 Å². The van der Waals surface area contributed by atoms with Crippen molar-refractivity contribution >= 4 is 23.2 Å². The summed E-state index contributed by atoms with van der Waals surface area (Å²) in [6.07, 6.45) is 0.292. The minimum absolute atomic E-state index is 0.162. The summed E-state index contributed by atoms with van der Waals surface area (Å²) in [5.41, 5.74) is 9.41. The van der Waals surface area contributed by atoms with Gasteiger partial charge < -0.3 is 11.1 Å². The molecule has 6 nitrogen and oxygen atoms in total. The monoisotopic (exact) mass is 494 g/mol. The van der Waals surface area contributed by atoms with Gasteiger partial charge in [-0.1, -0.05) is 17.5 Å². The summed E-state index contributed by atoms with van der Waals surface area (Å²) in [6.45, 7) is 6.05. The molecule has 0 unspecified atom stereocenters. The number of nitrogen functional groups attached to an aromatic ring is 1. The molecule has 0 radical (unpaired) electrons. The van der Waals surface area contributed by atoms with Crippen LogP contribution >= 0.6 is 11.6 Å². The maximum absolute atomic E-state index is 13.9. The molecule has 0 saturated heterocycles. The Bertz CT molecular complexity index is 1440. The van der Waals surface area contributed by atoms with E-state index >= 15 is 0 Å². The molecule has 3 N–H and O–H groups in total. The van der Waals surface area contributed by atoms with Crippen molar-refractivity contribution in [2.45, 2.75) is 33.2 Å². The number of likely N-dealkylation sites (N-methyl/N-ethyl adjacent to an activating group) is 1. The second-order valence-corrected chi connectivity index (χ2v) is 9.63. The van der Waals surface area contributed by atoms with Crippen molar-refractivity contribution in [2.24, 2.45) is 5.41 Å². The first-order valence-electron chi connectivity index (χ1n) is 11.0. The fourth-order valence-corrected chi connectivity index (χ4v) is 4.01. The highest BCUT2D eigenvalue weighted by Crippen LogP contribution is 2.33. The molecule has 0 fully saturated rings. The van der Waals surface area contributed by atoms with Gasteiger partial charge >= 0.3 is 0 Å². The number of hydrogen-bond acceptors (Lipinski definition) is 5. The van der Waals surface area contributed by atoms with Gasteiger partial charge in [-0.15, -0.1) is 10.2 Å². The standard InChI is InChI=1S/C26H25ClF2N6/c1-26(2,3)10-9-18-5-6-19(20-7-8-22(27)35-24(20)33-34-25(35)30)23(32-18)21(31-4)13-15-11-16(28)14-17(29)12-15/h5-8,11-12,14,21,31H,13H2,1-4H3,(H2,30,34)/t21-/m0/s1. The quantitative estimate of drug-likeness (QED) is 0.294. The summed E-state index contributed by atoms with van der Waals surface area (Å²) >= 11 is 6.32. The number of pyridine rings is 2. The largest absolute Gasteiger partial charge is 0.368 e. The number of anilines is 1. The van der Waals surface area contributed by atoms with Crippen LogP contribution in [0, 0.1) is 28.9 Å². The van der Waals surface area contributed by atoms with Crippen molar-refractivity contribution in [2.75, 3.05) is 12.8 Å². The van der Waals surface area contributed by atoms with Gasteiger partial charge in [0.05, 0.1) is 11.7 Å². The summed E-state index contributed by atoms with van der Waals surface area (Å²) in [6, 6.07) is 10.4. The van der Waals surface area contributed by atoms with E-state index in [4.69, 9.17) is 22.3 Å². The van der Waals surface area contributed by atoms with E-state index in [9.17, 15) is 8.78 Å². The van der Waals surface area contributed by atoms with Gasteiger partial charge in [0.15, 0.2) is 5.65 Å². The average Bonchev–Trinajstić information content (AvgIpc) is 3.18. The Morgan fingerprint density at radius 2 is 1.74 bits per heavy atom. The van der Waals surface area contributed by atoms with Crippen molar-refractivity contribution in [3.63, 3.8) is 0 Å². The highest BCUT2D eigenvalue weighted by Gasteiger charge is 2.22. The number of nitrogens with two attached hydrogens (primary N) is 1. The van der Waals surface area contributed by atoms with Crippen LogP contribution in [0.25, 0.3) is 16.8 Å². The molecule has 0 bridgehead atoms. The summed E-state index contributed by atoms with van der Waals surface area (Å²) < 4.78 is 29.3. The molecule has 4 rings (SSSR count). The Kier molecular flexibility index (Phi) is 6.75.